The summed E-state index contributed by atoms with van der Waals surface area (Å²) in [6, 6.07) is 0. The van der Waals surface area contributed by atoms with E-state index in [1.54, 1.807) is 11.2 Å². The summed E-state index contributed by atoms with van der Waals surface area (Å²) in [5.41, 5.74) is -0.123. The van der Waals surface area contributed by atoms with Gasteiger partial charge in [-0.25, -0.2) is 12.7 Å². The summed E-state index contributed by atoms with van der Waals surface area (Å²) in [6.07, 6.45) is 0.744. The molecule has 1 aliphatic heterocycles. The third-order valence-electron chi connectivity index (χ3n) is 2.82. The van der Waals surface area contributed by atoms with E-state index in [9.17, 15) is 8.42 Å². The molecular formula is C9H18ClNO2S. The number of sulfonamides is 1. The highest BCUT2D eigenvalue weighted by atomic mass is 35.5. The number of nitrogens with zero attached hydrogens (tertiary/aromatic N) is 1. The Hall–Kier alpha value is 0.200. The smallest absolute Gasteiger partial charge is 0.212 e. The van der Waals surface area contributed by atoms with E-state index in [0.717, 1.165) is 6.42 Å². The van der Waals surface area contributed by atoms with Crippen molar-refractivity contribution in [2.75, 3.05) is 18.8 Å². The minimum absolute atomic E-state index is 0.0748. The molecule has 0 saturated carbocycles. The summed E-state index contributed by atoms with van der Waals surface area (Å²) in [6.45, 7) is 6.81. The van der Waals surface area contributed by atoms with Crippen LogP contribution in [0.15, 0.2) is 0 Å². The number of hydrogen-bond acceptors (Lipinski definition) is 2. The second-order valence-corrected chi connectivity index (χ2v) is 7.26. The second-order valence-electron chi connectivity index (χ2n) is 4.48. The second kappa shape index (κ2) is 3.99. The molecule has 1 unspecified atom stereocenters. The molecule has 1 aliphatic rings. The van der Waals surface area contributed by atoms with E-state index < -0.39 is 10.0 Å². The molecule has 1 fully saturated rings. The summed E-state index contributed by atoms with van der Waals surface area (Å²) >= 11 is 6.15. The van der Waals surface area contributed by atoms with Gasteiger partial charge in [-0.05, 0) is 18.8 Å². The van der Waals surface area contributed by atoms with Crippen molar-refractivity contribution in [3.05, 3.63) is 0 Å². The summed E-state index contributed by atoms with van der Waals surface area (Å²) in [7, 11) is -3.04. The minimum atomic E-state index is -3.04. The van der Waals surface area contributed by atoms with Crippen molar-refractivity contribution in [3.8, 4) is 0 Å². The molecular weight excluding hydrogens is 222 g/mol. The predicted octanol–water partition coefficient (Wildman–Crippen LogP) is 1.68. The average Bonchev–Trinajstić information content (AvgIpc) is 2.09. The van der Waals surface area contributed by atoms with Crippen molar-refractivity contribution in [1.29, 1.82) is 0 Å². The van der Waals surface area contributed by atoms with Crippen LogP contribution >= 0.6 is 11.6 Å². The highest BCUT2D eigenvalue weighted by molar-refractivity contribution is 7.89. The first-order valence-electron chi connectivity index (χ1n) is 4.91. The zero-order chi connectivity index (χ0) is 11.0. The topological polar surface area (TPSA) is 37.4 Å². The summed E-state index contributed by atoms with van der Waals surface area (Å²) in [4.78, 5) is 0. The highest BCUT2D eigenvalue weighted by Gasteiger charge is 2.38. The van der Waals surface area contributed by atoms with E-state index in [4.69, 9.17) is 11.6 Å². The Bertz CT molecular complexity index is 300. The first-order valence-corrected chi connectivity index (χ1v) is 6.96. The van der Waals surface area contributed by atoms with Gasteiger partial charge in [-0.3, -0.25) is 0 Å². The molecule has 1 rings (SSSR count). The zero-order valence-corrected chi connectivity index (χ0v) is 10.5. The molecule has 0 aromatic rings. The van der Waals surface area contributed by atoms with Crippen LogP contribution < -0.4 is 0 Å². The van der Waals surface area contributed by atoms with Gasteiger partial charge < -0.3 is 0 Å². The first kappa shape index (κ1) is 12.3. The largest absolute Gasteiger partial charge is 0.213 e. The molecule has 3 nitrogen and oxygen atoms in total. The van der Waals surface area contributed by atoms with Crippen LogP contribution in [0.25, 0.3) is 0 Å². The standard InChI is InChI=1S/C9H18ClNO2S/c1-4-14(12,13)11-6-5-8(10)9(2,3)7-11/h8H,4-7H2,1-3H3. The maximum Gasteiger partial charge on any atom is 0.213 e. The molecule has 0 aliphatic carbocycles. The highest BCUT2D eigenvalue weighted by Crippen LogP contribution is 2.34. The summed E-state index contributed by atoms with van der Waals surface area (Å²) < 4.78 is 24.8. The lowest BCUT2D eigenvalue weighted by Gasteiger charge is -2.40. The van der Waals surface area contributed by atoms with Crippen LogP contribution in [-0.4, -0.2) is 36.9 Å². The van der Waals surface area contributed by atoms with E-state index in [1.165, 1.54) is 0 Å². The van der Waals surface area contributed by atoms with Crippen LogP contribution in [0.1, 0.15) is 27.2 Å². The predicted molar refractivity (Wildman–Crippen MR) is 59.1 cm³/mol. The summed E-state index contributed by atoms with van der Waals surface area (Å²) in [5.74, 6) is 0.177. The van der Waals surface area contributed by atoms with E-state index in [1.807, 2.05) is 13.8 Å². The van der Waals surface area contributed by atoms with Gasteiger partial charge in [-0.1, -0.05) is 13.8 Å². The quantitative estimate of drug-likeness (QED) is 0.688. The Morgan fingerprint density at radius 1 is 1.50 bits per heavy atom. The number of piperidine rings is 1. The number of rotatable bonds is 2. The third-order valence-corrected chi connectivity index (χ3v) is 5.46. The first-order chi connectivity index (χ1) is 6.29. The fourth-order valence-corrected chi connectivity index (χ4v) is 3.15. The SMILES string of the molecule is CCS(=O)(=O)N1CCC(Cl)C(C)(C)C1. The number of hydrogen-bond donors (Lipinski definition) is 0. The van der Waals surface area contributed by atoms with Gasteiger partial charge in [0.2, 0.25) is 10.0 Å². The molecule has 0 spiro atoms. The van der Waals surface area contributed by atoms with Crippen LogP contribution in [-0.2, 0) is 10.0 Å². The maximum atomic E-state index is 11.6. The Balaban J connectivity index is 2.79. The molecule has 84 valence electrons. The van der Waals surface area contributed by atoms with Gasteiger partial charge in [-0.2, -0.15) is 0 Å². The normalized spacial score (nSPS) is 29.0. The number of alkyl halides is 1. The van der Waals surface area contributed by atoms with Crippen LogP contribution in [0.2, 0.25) is 0 Å². The monoisotopic (exact) mass is 239 g/mol. The molecule has 0 bridgehead atoms. The Morgan fingerprint density at radius 2 is 2.07 bits per heavy atom. The van der Waals surface area contributed by atoms with Crippen molar-refractivity contribution in [1.82, 2.24) is 4.31 Å². The number of halogens is 1. The van der Waals surface area contributed by atoms with Crippen LogP contribution in [0, 0.1) is 5.41 Å². The van der Waals surface area contributed by atoms with E-state index in [-0.39, 0.29) is 16.5 Å². The van der Waals surface area contributed by atoms with Crippen LogP contribution in [0.5, 0.6) is 0 Å². The van der Waals surface area contributed by atoms with Gasteiger partial charge in [-0.15, -0.1) is 11.6 Å². The fourth-order valence-electron chi connectivity index (χ4n) is 1.70. The molecule has 0 radical (unpaired) electrons. The molecule has 0 aromatic heterocycles. The lowest BCUT2D eigenvalue weighted by molar-refractivity contribution is 0.193. The van der Waals surface area contributed by atoms with Gasteiger partial charge in [0.25, 0.3) is 0 Å². The molecule has 14 heavy (non-hydrogen) atoms. The van der Waals surface area contributed by atoms with Crippen molar-refractivity contribution in [2.45, 2.75) is 32.6 Å². The van der Waals surface area contributed by atoms with Crippen LogP contribution in [0.4, 0.5) is 0 Å². The van der Waals surface area contributed by atoms with E-state index >= 15 is 0 Å². The zero-order valence-electron chi connectivity index (χ0n) is 8.96. The van der Waals surface area contributed by atoms with Gasteiger partial charge in [0.05, 0.1) is 5.75 Å². The van der Waals surface area contributed by atoms with Gasteiger partial charge >= 0.3 is 0 Å². The summed E-state index contributed by atoms with van der Waals surface area (Å²) in [5, 5.41) is 0.0748. The van der Waals surface area contributed by atoms with Crippen LogP contribution in [0.3, 0.4) is 0 Å². The molecule has 0 amide bonds. The Labute approximate surface area is 91.5 Å². The Morgan fingerprint density at radius 3 is 2.50 bits per heavy atom. The van der Waals surface area contributed by atoms with Gasteiger partial charge in [0.1, 0.15) is 0 Å². The lowest BCUT2D eigenvalue weighted by atomic mass is 9.85. The molecule has 1 atom stereocenters. The van der Waals surface area contributed by atoms with Crippen molar-refractivity contribution in [3.63, 3.8) is 0 Å². The fraction of sp³-hybridized carbons (Fsp3) is 1.00. The van der Waals surface area contributed by atoms with Crippen molar-refractivity contribution < 1.29 is 8.42 Å². The minimum Gasteiger partial charge on any atom is -0.212 e. The molecule has 0 aromatic carbocycles. The van der Waals surface area contributed by atoms with Gasteiger partial charge in [0, 0.05) is 18.5 Å². The molecule has 1 heterocycles. The molecule has 5 heteroatoms. The third kappa shape index (κ3) is 2.41. The Kier molecular flexibility index (Phi) is 3.49. The van der Waals surface area contributed by atoms with Crippen molar-refractivity contribution in [2.24, 2.45) is 5.41 Å². The lowest BCUT2D eigenvalue weighted by Crippen LogP contribution is -2.49. The molecule has 1 saturated heterocycles. The van der Waals surface area contributed by atoms with Crippen molar-refractivity contribution >= 4 is 21.6 Å². The van der Waals surface area contributed by atoms with Gasteiger partial charge in [0.15, 0.2) is 0 Å². The van der Waals surface area contributed by atoms with E-state index in [2.05, 4.69) is 0 Å². The maximum absolute atomic E-state index is 11.6. The molecule has 0 N–H and O–H groups in total. The average molecular weight is 240 g/mol. The van der Waals surface area contributed by atoms with E-state index in [0.29, 0.717) is 13.1 Å².